The molecule has 0 aromatic heterocycles. The first-order valence-corrected chi connectivity index (χ1v) is 4.62. The van der Waals surface area contributed by atoms with Crippen LogP contribution in [0.15, 0.2) is 24.3 Å². The molecule has 1 atom stereocenters. The summed E-state index contributed by atoms with van der Waals surface area (Å²) in [6.07, 6.45) is 0.261. The Bertz CT molecular complexity index is 346. The number of hydrogen-bond donors (Lipinski definition) is 0. The fraction of sp³-hybridized carbons (Fsp3) is 0.364. The summed E-state index contributed by atoms with van der Waals surface area (Å²) in [5.74, 6) is 0.760. The normalized spacial score (nSPS) is 19.2. The van der Waals surface area contributed by atoms with E-state index in [1.807, 2.05) is 18.2 Å². The highest BCUT2D eigenvalue weighted by atomic mass is 16.5. The molecule has 0 saturated carbocycles. The van der Waals surface area contributed by atoms with Crippen LogP contribution in [-0.4, -0.2) is 25.6 Å². The smallest absolute Gasteiger partial charge is 0.207 e. The summed E-state index contributed by atoms with van der Waals surface area (Å²) in [5, 5.41) is 0. The van der Waals surface area contributed by atoms with Crippen LogP contribution in [-0.2, 0) is 4.74 Å². The second-order valence-electron chi connectivity index (χ2n) is 3.25. The minimum Gasteiger partial charge on any atom is -0.481 e. The first-order valence-electron chi connectivity index (χ1n) is 4.62. The Morgan fingerprint density at radius 2 is 2.21 bits per heavy atom. The van der Waals surface area contributed by atoms with Gasteiger partial charge in [-0.3, -0.25) is 4.79 Å². The highest BCUT2D eigenvalue weighted by Gasteiger charge is 2.31. The van der Waals surface area contributed by atoms with Gasteiger partial charge in [-0.2, -0.15) is 0 Å². The van der Waals surface area contributed by atoms with Crippen LogP contribution in [0.5, 0.6) is 5.75 Å². The summed E-state index contributed by atoms with van der Waals surface area (Å²) in [6, 6.07) is 7.33. The first-order chi connectivity index (χ1) is 6.83. The van der Waals surface area contributed by atoms with Crippen LogP contribution in [0.1, 0.15) is 16.8 Å². The number of methoxy groups -OCH3 is 1. The van der Waals surface area contributed by atoms with Gasteiger partial charge < -0.3 is 9.47 Å². The number of benzene rings is 1. The number of ketones is 1. The van der Waals surface area contributed by atoms with E-state index in [-0.39, 0.29) is 11.9 Å². The summed E-state index contributed by atoms with van der Waals surface area (Å²) in [6.45, 7) is 0.546. The van der Waals surface area contributed by atoms with Gasteiger partial charge in [0.05, 0.1) is 12.2 Å². The van der Waals surface area contributed by atoms with E-state index in [4.69, 9.17) is 9.47 Å². The lowest BCUT2D eigenvalue weighted by molar-refractivity contribution is 0.0785. The van der Waals surface area contributed by atoms with Crippen molar-refractivity contribution in [1.82, 2.24) is 0 Å². The molecule has 0 N–H and O–H groups in total. The van der Waals surface area contributed by atoms with Crippen molar-refractivity contribution in [3.63, 3.8) is 0 Å². The number of fused-ring (bicyclic) bond motifs is 1. The van der Waals surface area contributed by atoms with Crippen molar-refractivity contribution < 1.29 is 14.3 Å². The molecule has 74 valence electrons. The van der Waals surface area contributed by atoms with Crippen LogP contribution in [0.3, 0.4) is 0 Å². The minimum absolute atomic E-state index is 0.0673. The number of hydrogen-bond acceptors (Lipinski definition) is 3. The van der Waals surface area contributed by atoms with Gasteiger partial charge in [-0.1, -0.05) is 12.1 Å². The zero-order valence-electron chi connectivity index (χ0n) is 8.03. The fourth-order valence-corrected chi connectivity index (χ4v) is 1.57. The van der Waals surface area contributed by atoms with Gasteiger partial charge in [-0.15, -0.1) is 0 Å². The van der Waals surface area contributed by atoms with E-state index < -0.39 is 0 Å². The molecule has 0 bridgehead atoms. The molecular weight excluding hydrogens is 180 g/mol. The Labute approximate surface area is 82.6 Å². The molecule has 1 heterocycles. The summed E-state index contributed by atoms with van der Waals surface area (Å²) in [5.41, 5.74) is 0.689. The molecule has 0 spiro atoms. The van der Waals surface area contributed by atoms with E-state index in [1.165, 1.54) is 0 Å². The Kier molecular flexibility index (Phi) is 2.50. The third-order valence-corrected chi connectivity index (χ3v) is 2.30. The summed E-state index contributed by atoms with van der Waals surface area (Å²) in [4.78, 5) is 11.7. The summed E-state index contributed by atoms with van der Waals surface area (Å²) in [7, 11) is 1.62. The van der Waals surface area contributed by atoms with Crippen molar-refractivity contribution >= 4 is 5.78 Å². The van der Waals surface area contributed by atoms with Crippen molar-refractivity contribution in [3.8, 4) is 5.75 Å². The molecule has 3 heteroatoms. The number of ether oxygens (including phenoxy) is 2. The number of carbonyl (C=O) groups is 1. The van der Waals surface area contributed by atoms with Gasteiger partial charge in [-0.25, -0.2) is 0 Å². The topological polar surface area (TPSA) is 35.5 Å². The Balaban J connectivity index is 2.13. The molecule has 0 fully saturated rings. The van der Waals surface area contributed by atoms with Crippen LogP contribution in [0.4, 0.5) is 0 Å². The molecule has 1 aliphatic rings. The molecule has 14 heavy (non-hydrogen) atoms. The molecule has 0 radical (unpaired) electrons. The monoisotopic (exact) mass is 192 g/mol. The Hall–Kier alpha value is -1.35. The maximum Gasteiger partial charge on any atom is 0.207 e. The molecule has 0 aliphatic carbocycles. The van der Waals surface area contributed by atoms with E-state index in [9.17, 15) is 4.79 Å². The SMILES string of the molecule is COCCC1Oc2ccccc2C1=O. The lowest BCUT2D eigenvalue weighted by Crippen LogP contribution is -2.22. The average molecular weight is 192 g/mol. The fourth-order valence-electron chi connectivity index (χ4n) is 1.57. The van der Waals surface area contributed by atoms with Crippen molar-refractivity contribution in [1.29, 1.82) is 0 Å². The molecule has 0 amide bonds. The highest BCUT2D eigenvalue weighted by Crippen LogP contribution is 2.29. The maximum absolute atomic E-state index is 11.7. The Morgan fingerprint density at radius 3 is 2.93 bits per heavy atom. The van der Waals surface area contributed by atoms with Crippen LogP contribution >= 0.6 is 0 Å². The standard InChI is InChI=1S/C11H12O3/c1-13-7-6-10-11(12)8-4-2-3-5-9(8)14-10/h2-5,10H,6-7H2,1H3. The molecule has 1 aromatic rings. The number of para-hydroxylation sites is 1. The van der Waals surface area contributed by atoms with Crippen molar-refractivity contribution in [2.24, 2.45) is 0 Å². The van der Waals surface area contributed by atoms with Gasteiger partial charge in [0.25, 0.3) is 0 Å². The molecular formula is C11H12O3. The van der Waals surface area contributed by atoms with E-state index in [0.717, 1.165) is 0 Å². The van der Waals surface area contributed by atoms with Crippen molar-refractivity contribution in [2.75, 3.05) is 13.7 Å². The zero-order valence-corrected chi connectivity index (χ0v) is 8.03. The molecule has 3 nitrogen and oxygen atoms in total. The summed E-state index contributed by atoms with van der Waals surface area (Å²) >= 11 is 0. The third kappa shape index (κ3) is 1.51. The van der Waals surface area contributed by atoms with Crippen LogP contribution in [0, 0.1) is 0 Å². The third-order valence-electron chi connectivity index (χ3n) is 2.30. The number of carbonyl (C=O) groups excluding carboxylic acids is 1. The van der Waals surface area contributed by atoms with Gasteiger partial charge in [0.2, 0.25) is 5.78 Å². The average Bonchev–Trinajstić information content (AvgIpc) is 2.54. The first kappa shape index (κ1) is 9.21. The lowest BCUT2D eigenvalue weighted by Gasteiger charge is -2.07. The number of rotatable bonds is 3. The van der Waals surface area contributed by atoms with Crippen LogP contribution in [0.25, 0.3) is 0 Å². The van der Waals surface area contributed by atoms with Gasteiger partial charge in [-0.05, 0) is 12.1 Å². The predicted molar refractivity (Wildman–Crippen MR) is 51.7 cm³/mol. The summed E-state index contributed by atoms with van der Waals surface area (Å²) < 4.78 is 10.4. The van der Waals surface area contributed by atoms with Gasteiger partial charge >= 0.3 is 0 Å². The molecule has 2 rings (SSSR count). The zero-order chi connectivity index (χ0) is 9.97. The van der Waals surface area contributed by atoms with E-state index >= 15 is 0 Å². The second-order valence-corrected chi connectivity index (χ2v) is 3.25. The van der Waals surface area contributed by atoms with Gasteiger partial charge in [0, 0.05) is 13.5 Å². The largest absolute Gasteiger partial charge is 0.481 e. The van der Waals surface area contributed by atoms with Gasteiger partial charge in [0.1, 0.15) is 5.75 Å². The molecule has 1 unspecified atom stereocenters. The lowest BCUT2D eigenvalue weighted by atomic mass is 10.1. The predicted octanol–water partition coefficient (Wildman–Crippen LogP) is 1.67. The molecule has 1 aromatic carbocycles. The van der Waals surface area contributed by atoms with Crippen molar-refractivity contribution in [2.45, 2.75) is 12.5 Å². The highest BCUT2D eigenvalue weighted by molar-refractivity contribution is 6.04. The maximum atomic E-state index is 11.7. The van der Waals surface area contributed by atoms with Crippen molar-refractivity contribution in [3.05, 3.63) is 29.8 Å². The van der Waals surface area contributed by atoms with Crippen LogP contribution in [0.2, 0.25) is 0 Å². The quantitative estimate of drug-likeness (QED) is 0.730. The van der Waals surface area contributed by atoms with Crippen LogP contribution < -0.4 is 4.74 Å². The van der Waals surface area contributed by atoms with E-state index in [1.54, 1.807) is 13.2 Å². The van der Waals surface area contributed by atoms with E-state index in [0.29, 0.717) is 24.3 Å². The minimum atomic E-state index is -0.354. The van der Waals surface area contributed by atoms with E-state index in [2.05, 4.69) is 0 Å². The molecule has 1 aliphatic heterocycles. The number of Topliss-reactive ketones (excluding diaryl/α,β-unsaturated/α-hetero) is 1. The molecule has 0 saturated heterocycles. The van der Waals surface area contributed by atoms with Gasteiger partial charge in [0.15, 0.2) is 6.10 Å². The Morgan fingerprint density at radius 1 is 1.43 bits per heavy atom. The second kappa shape index (κ2) is 3.80.